The lowest BCUT2D eigenvalue weighted by atomic mass is 10.3. The molecule has 2 rings (SSSR count). The average Bonchev–Trinajstić information content (AvgIpc) is 2.53. The molecule has 1 aromatic carbocycles. The largest absolute Gasteiger partial charge is 0.325 e. The zero-order valence-electron chi connectivity index (χ0n) is 13.4. The molecule has 128 valence electrons. The highest BCUT2D eigenvalue weighted by Crippen LogP contribution is 2.16. The van der Waals surface area contributed by atoms with Crippen molar-refractivity contribution in [2.24, 2.45) is 0 Å². The number of amides is 1. The van der Waals surface area contributed by atoms with Gasteiger partial charge in [-0.1, -0.05) is 6.92 Å². The van der Waals surface area contributed by atoms with Crippen LogP contribution in [0.5, 0.6) is 0 Å². The van der Waals surface area contributed by atoms with Crippen LogP contribution in [0.2, 0.25) is 0 Å². The Morgan fingerprint density at radius 3 is 2.50 bits per heavy atom. The standard InChI is InChI=1S/C15H19N5O3S/c1-3-16-10-14(21)19-12-4-6-13(7-5-12)24(22,23)20-15-17-9-8-11(2)18-15/h4-9,16H,3,10H2,1-2H3,(H,19,21)(H,17,18,20). The number of carbonyl (C=O) groups is 1. The SMILES string of the molecule is CCNCC(=O)Nc1ccc(S(=O)(=O)Nc2nccc(C)n2)cc1. The van der Waals surface area contributed by atoms with Gasteiger partial charge in [-0.15, -0.1) is 0 Å². The summed E-state index contributed by atoms with van der Waals surface area (Å²) in [5.74, 6) is -0.184. The Morgan fingerprint density at radius 1 is 1.17 bits per heavy atom. The number of nitrogens with one attached hydrogen (secondary N) is 3. The molecule has 0 aliphatic carbocycles. The van der Waals surface area contributed by atoms with Gasteiger partial charge in [0.25, 0.3) is 10.0 Å². The first-order valence-corrected chi connectivity index (χ1v) is 8.82. The molecule has 0 radical (unpaired) electrons. The van der Waals surface area contributed by atoms with Crippen LogP contribution in [0.25, 0.3) is 0 Å². The molecule has 0 bridgehead atoms. The monoisotopic (exact) mass is 349 g/mol. The van der Waals surface area contributed by atoms with Crippen LogP contribution in [0.15, 0.2) is 41.4 Å². The Balaban J connectivity index is 2.07. The molecule has 0 saturated carbocycles. The summed E-state index contributed by atoms with van der Waals surface area (Å²) >= 11 is 0. The number of anilines is 2. The Kier molecular flexibility index (Phi) is 5.83. The number of aromatic nitrogens is 2. The first-order chi connectivity index (χ1) is 11.4. The summed E-state index contributed by atoms with van der Waals surface area (Å²) in [6, 6.07) is 7.52. The van der Waals surface area contributed by atoms with Gasteiger partial charge in [0.05, 0.1) is 11.4 Å². The van der Waals surface area contributed by atoms with Gasteiger partial charge >= 0.3 is 0 Å². The topological polar surface area (TPSA) is 113 Å². The van der Waals surface area contributed by atoms with Crippen LogP contribution in [0.4, 0.5) is 11.6 Å². The molecule has 0 unspecified atom stereocenters. The van der Waals surface area contributed by atoms with Crippen molar-refractivity contribution in [1.29, 1.82) is 0 Å². The summed E-state index contributed by atoms with van der Waals surface area (Å²) < 4.78 is 26.9. The van der Waals surface area contributed by atoms with E-state index in [2.05, 4.69) is 25.3 Å². The van der Waals surface area contributed by atoms with Gasteiger partial charge in [-0.25, -0.2) is 23.1 Å². The van der Waals surface area contributed by atoms with Gasteiger partial charge in [0.1, 0.15) is 0 Å². The third-order valence-electron chi connectivity index (χ3n) is 3.00. The molecule has 0 saturated heterocycles. The van der Waals surface area contributed by atoms with Crippen LogP contribution in [0.3, 0.4) is 0 Å². The van der Waals surface area contributed by atoms with Crippen LogP contribution < -0.4 is 15.4 Å². The highest BCUT2D eigenvalue weighted by Gasteiger charge is 2.15. The Morgan fingerprint density at radius 2 is 1.88 bits per heavy atom. The Labute approximate surface area is 140 Å². The van der Waals surface area contributed by atoms with Gasteiger partial charge in [0.15, 0.2) is 0 Å². The third-order valence-corrected chi connectivity index (χ3v) is 4.35. The van der Waals surface area contributed by atoms with Crippen molar-refractivity contribution in [3.8, 4) is 0 Å². The van der Waals surface area contributed by atoms with Crippen LogP contribution in [0, 0.1) is 6.92 Å². The highest BCUT2D eigenvalue weighted by molar-refractivity contribution is 7.92. The van der Waals surface area contributed by atoms with Crippen molar-refractivity contribution in [3.63, 3.8) is 0 Å². The number of sulfonamides is 1. The normalized spacial score (nSPS) is 11.1. The van der Waals surface area contributed by atoms with E-state index in [1.54, 1.807) is 13.0 Å². The van der Waals surface area contributed by atoms with E-state index in [4.69, 9.17) is 0 Å². The van der Waals surface area contributed by atoms with Crippen molar-refractivity contribution in [1.82, 2.24) is 15.3 Å². The van der Waals surface area contributed by atoms with Gasteiger partial charge in [-0.2, -0.15) is 0 Å². The summed E-state index contributed by atoms with van der Waals surface area (Å²) in [6.45, 7) is 4.53. The summed E-state index contributed by atoms with van der Waals surface area (Å²) in [4.78, 5) is 19.5. The maximum absolute atomic E-state index is 12.3. The van der Waals surface area contributed by atoms with E-state index in [9.17, 15) is 13.2 Å². The summed E-state index contributed by atoms with van der Waals surface area (Å²) in [5, 5.41) is 5.58. The number of hydrogen-bond donors (Lipinski definition) is 3. The predicted molar refractivity (Wildman–Crippen MR) is 91.2 cm³/mol. The van der Waals surface area contributed by atoms with Crippen molar-refractivity contribution in [2.75, 3.05) is 23.1 Å². The van der Waals surface area contributed by atoms with Gasteiger partial charge < -0.3 is 10.6 Å². The molecule has 0 aliphatic rings. The number of aryl methyl sites for hydroxylation is 1. The molecule has 0 aliphatic heterocycles. The quantitative estimate of drug-likeness (QED) is 0.691. The van der Waals surface area contributed by atoms with E-state index in [0.29, 0.717) is 17.9 Å². The molecule has 24 heavy (non-hydrogen) atoms. The summed E-state index contributed by atoms with van der Waals surface area (Å²) in [5.41, 5.74) is 1.17. The maximum atomic E-state index is 12.3. The van der Waals surface area contributed by atoms with Crippen molar-refractivity contribution in [3.05, 3.63) is 42.2 Å². The van der Waals surface area contributed by atoms with E-state index in [1.165, 1.54) is 30.5 Å². The van der Waals surface area contributed by atoms with Gasteiger partial charge in [-0.05, 0) is 43.8 Å². The second kappa shape index (κ2) is 7.84. The molecule has 0 fully saturated rings. The predicted octanol–water partition coefficient (Wildman–Crippen LogP) is 1.13. The molecule has 1 aromatic heterocycles. The van der Waals surface area contributed by atoms with E-state index >= 15 is 0 Å². The maximum Gasteiger partial charge on any atom is 0.264 e. The van der Waals surface area contributed by atoms with Crippen molar-refractivity contribution < 1.29 is 13.2 Å². The highest BCUT2D eigenvalue weighted by atomic mass is 32.2. The lowest BCUT2D eigenvalue weighted by Crippen LogP contribution is -2.27. The molecule has 0 spiro atoms. The van der Waals surface area contributed by atoms with E-state index < -0.39 is 10.0 Å². The number of benzene rings is 1. The molecular weight excluding hydrogens is 330 g/mol. The summed E-state index contributed by atoms with van der Waals surface area (Å²) in [6.07, 6.45) is 1.48. The zero-order chi connectivity index (χ0) is 17.6. The van der Waals surface area contributed by atoms with Crippen LogP contribution in [-0.4, -0.2) is 37.4 Å². The minimum Gasteiger partial charge on any atom is -0.325 e. The van der Waals surface area contributed by atoms with Gasteiger partial charge in [0.2, 0.25) is 11.9 Å². The number of hydrogen-bond acceptors (Lipinski definition) is 6. The lowest BCUT2D eigenvalue weighted by molar-refractivity contribution is -0.115. The Hall–Kier alpha value is -2.52. The Bertz CT molecular complexity index is 806. The molecule has 0 atom stereocenters. The van der Waals surface area contributed by atoms with Crippen molar-refractivity contribution >= 4 is 27.6 Å². The molecule has 1 heterocycles. The number of rotatable bonds is 7. The fourth-order valence-corrected chi connectivity index (χ4v) is 2.79. The minimum atomic E-state index is -3.79. The average molecular weight is 349 g/mol. The second-order valence-corrected chi connectivity index (χ2v) is 6.66. The molecule has 8 nitrogen and oxygen atoms in total. The molecule has 9 heteroatoms. The smallest absolute Gasteiger partial charge is 0.264 e. The van der Waals surface area contributed by atoms with E-state index in [1.807, 2.05) is 6.92 Å². The van der Waals surface area contributed by atoms with Crippen LogP contribution in [-0.2, 0) is 14.8 Å². The first kappa shape index (κ1) is 17.8. The van der Waals surface area contributed by atoms with E-state index in [-0.39, 0.29) is 23.3 Å². The van der Waals surface area contributed by atoms with Gasteiger partial charge in [0, 0.05) is 17.6 Å². The fourth-order valence-electron chi connectivity index (χ4n) is 1.84. The third kappa shape index (κ3) is 5.00. The number of nitrogens with zero attached hydrogens (tertiary/aromatic N) is 2. The first-order valence-electron chi connectivity index (χ1n) is 7.34. The minimum absolute atomic E-state index is 0.0121. The molecule has 2 aromatic rings. The second-order valence-electron chi connectivity index (χ2n) is 4.98. The van der Waals surface area contributed by atoms with Crippen molar-refractivity contribution in [2.45, 2.75) is 18.7 Å². The lowest BCUT2D eigenvalue weighted by Gasteiger charge is -2.09. The molecular formula is C15H19N5O3S. The number of carbonyl (C=O) groups excluding carboxylic acids is 1. The summed E-state index contributed by atoms with van der Waals surface area (Å²) in [7, 11) is -3.79. The zero-order valence-corrected chi connectivity index (χ0v) is 14.2. The van der Waals surface area contributed by atoms with Crippen LogP contribution in [0.1, 0.15) is 12.6 Å². The van der Waals surface area contributed by atoms with Crippen LogP contribution >= 0.6 is 0 Å². The fraction of sp³-hybridized carbons (Fsp3) is 0.267. The van der Waals surface area contributed by atoms with Gasteiger partial charge in [-0.3, -0.25) is 4.79 Å². The number of likely N-dealkylation sites (N-methyl/N-ethyl adjacent to an activating group) is 1. The molecule has 3 N–H and O–H groups in total. The van der Waals surface area contributed by atoms with E-state index in [0.717, 1.165) is 0 Å². The molecule has 1 amide bonds.